The molecule has 3 atom stereocenters. The number of nitrogens with two attached hydrogens (primary N) is 2. The summed E-state index contributed by atoms with van der Waals surface area (Å²) in [4.78, 5) is 33.7. The van der Waals surface area contributed by atoms with E-state index in [2.05, 4.69) is 35.9 Å². The lowest BCUT2D eigenvalue weighted by Gasteiger charge is -2.18. The van der Waals surface area contributed by atoms with Crippen LogP contribution in [0.4, 0.5) is 0 Å². The summed E-state index contributed by atoms with van der Waals surface area (Å²) in [6.07, 6.45) is 3.92. The second-order valence-corrected chi connectivity index (χ2v) is 9.23. The number of hydrogen-bond donors (Lipinski definition) is 4. The highest BCUT2D eigenvalue weighted by molar-refractivity contribution is 5.84. The molecule has 2 rings (SSSR count). The summed E-state index contributed by atoms with van der Waals surface area (Å²) in [6, 6.07) is 17.0. The van der Waals surface area contributed by atoms with Crippen molar-refractivity contribution in [2.24, 2.45) is 17.4 Å². The summed E-state index contributed by atoms with van der Waals surface area (Å²) < 4.78 is 21.0. The van der Waals surface area contributed by atoms with E-state index in [1.54, 1.807) is 0 Å². The van der Waals surface area contributed by atoms with Crippen LogP contribution >= 0.6 is 0 Å². The van der Waals surface area contributed by atoms with Gasteiger partial charge in [-0.15, -0.1) is 0 Å². The Morgan fingerprint density at radius 2 is 0.982 bits per heavy atom. The topological polar surface area (TPSA) is 127 Å². The summed E-state index contributed by atoms with van der Waals surface area (Å²) in [7, 11) is 0. The van der Waals surface area contributed by atoms with Gasteiger partial charge in [0.1, 0.15) is 16.7 Å². The highest BCUT2D eigenvalue weighted by Crippen LogP contribution is 2.05. The molecule has 56 heavy (non-hydrogen) atoms. The summed E-state index contributed by atoms with van der Waals surface area (Å²) in [5, 5.41) is 5.96. The molecule has 2 aromatic carbocycles. The molecule has 0 spiro atoms. The van der Waals surface area contributed by atoms with Crippen molar-refractivity contribution >= 4 is 18.5 Å². The smallest absolute Gasteiger partial charge is 0.237 e. The molecule has 0 aliphatic heterocycles. The molecule has 1 amide bonds. The van der Waals surface area contributed by atoms with E-state index in [1.807, 2.05) is 74.5 Å². The van der Waals surface area contributed by atoms with Gasteiger partial charge in [0.25, 0.3) is 0 Å². The molecule has 0 bridgehead atoms. The van der Waals surface area contributed by atoms with Crippen molar-refractivity contribution in [1.82, 2.24) is 10.6 Å². The van der Waals surface area contributed by atoms with Gasteiger partial charge in [0.2, 0.25) is 5.91 Å². The van der Waals surface area contributed by atoms with Gasteiger partial charge < -0.3 is 31.7 Å². The molecule has 0 saturated carbocycles. The van der Waals surface area contributed by atoms with Crippen LogP contribution in [-0.4, -0.2) is 49.7 Å². The van der Waals surface area contributed by atoms with Crippen LogP contribution in [0, 0.1) is 5.92 Å². The zero-order valence-corrected chi connectivity index (χ0v) is 22.8. The minimum absolute atomic E-state index is 0. The molecule has 0 aliphatic carbocycles. The Morgan fingerprint density at radius 3 is 1.25 bits per heavy atom. The first-order valence-corrected chi connectivity index (χ1v) is 13.1. The normalized spacial score (nSPS) is 9.05. The average Bonchev–Trinajstić information content (AvgIpc) is 2.95. The van der Waals surface area contributed by atoms with Crippen LogP contribution in [0.3, 0.4) is 0 Å². The summed E-state index contributed by atoms with van der Waals surface area (Å²) in [5.74, 6) is 0.00337. The van der Waals surface area contributed by atoms with Crippen LogP contribution in [0.25, 0.3) is 0 Å². The molecule has 7 nitrogen and oxygen atoms in total. The molecule has 0 aromatic heterocycles. The molecule has 0 heterocycles. The number of nitrogens with one attached hydrogen (secondary N) is 2. The largest absolute Gasteiger partial charge is 0.345 e. The van der Waals surface area contributed by atoms with Crippen molar-refractivity contribution in [3.05, 3.63) is 71.8 Å². The Hall–Kier alpha value is -2.87. The minimum Gasteiger partial charge on any atom is -0.345 e. The Bertz CT molecular complexity index is 923. The van der Waals surface area contributed by atoms with Crippen LogP contribution in [0.15, 0.2) is 60.7 Å². The van der Waals surface area contributed by atoms with E-state index in [9.17, 15) is 14.4 Å². The lowest BCUT2D eigenvalue weighted by molar-refractivity contribution is -0.125. The maximum atomic E-state index is 12.1. The second-order valence-electron chi connectivity index (χ2n) is 9.23. The standard InChI is InChI=1S/C15H22N2O2.C9H11NO.C6H15N.19CH4/c1-11(2)8-13(10-18)17-15(19)14(16)9-12-6-4-3-5-7-12;10-9(7-11)6-8-4-2-1-3-5-8;1-3-5-7-6-4-2;;;;;;;;;;;;;;;;;;;/h3-7,10-11,13-14H,8-9,16H2,1-2H3,(H,17,19);1-5,7,9H,6,10H2;7H,3-6H2,1-2H3;19*1H4/t13-,14-;9-;;;;;;;;;;;;;;;;;;;;/m00..................../s1/i;7D;;;;;;;;;;;;;;;;;;;;/hD2. The average molecular weight is 821 g/mol. The number of amides is 1. The summed E-state index contributed by atoms with van der Waals surface area (Å²) in [6.45, 7) is 10.7. The molecule has 0 aliphatic rings. The number of benzene rings is 2. The lowest BCUT2D eigenvalue weighted by atomic mass is 10.0. The van der Waals surface area contributed by atoms with Crippen LogP contribution in [0.5, 0.6) is 0 Å². The van der Waals surface area contributed by atoms with E-state index in [0.29, 0.717) is 25.2 Å². The Balaban J connectivity index is -0.0000000197. The van der Waals surface area contributed by atoms with E-state index in [1.165, 1.54) is 25.9 Å². The van der Waals surface area contributed by atoms with Gasteiger partial charge >= 0.3 is 0 Å². The minimum atomic E-state index is -0.751. The summed E-state index contributed by atoms with van der Waals surface area (Å²) in [5.41, 5.74) is 6.24. The van der Waals surface area contributed by atoms with Gasteiger partial charge in [0, 0.05) is 0 Å². The molecule has 2 aromatic rings. The third-order valence-electron chi connectivity index (χ3n) is 5.09. The van der Waals surface area contributed by atoms with Crippen molar-refractivity contribution in [3.8, 4) is 0 Å². The fourth-order valence-corrected chi connectivity index (χ4v) is 3.25. The van der Waals surface area contributed by atoms with Gasteiger partial charge in [0.05, 0.1) is 18.1 Å². The second kappa shape index (κ2) is 89.0. The monoisotopic (exact) mass is 820 g/mol. The molecule has 0 saturated heterocycles. The SMILES string of the molecule is C.C.C.C.C.C.C.C.C.C.C.C.C.C.C.C.C.C.C.CCCNCCC.[2H]N[C@@H](Cc1ccccc1)C(=O)N[C@H](C=O)CC(C)C.[2H]N[C@@H](Cc1ccccc1)C([2H])=O. The third kappa shape index (κ3) is 76.0. The molecule has 0 unspecified atom stereocenters. The van der Waals surface area contributed by atoms with Crippen molar-refractivity contribution in [3.63, 3.8) is 0 Å². The van der Waals surface area contributed by atoms with Gasteiger partial charge in [-0.2, -0.15) is 0 Å². The first kappa shape index (κ1) is 111. The van der Waals surface area contributed by atoms with Gasteiger partial charge in [-0.3, -0.25) is 4.79 Å². The first-order valence-electron chi connectivity index (χ1n) is 14.6. The summed E-state index contributed by atoms with van der Waals surface area (Å²) >= 11 is 0. The number of rotatable bonds is 16. The maximum absolute atomic E-state index is 12.1. The van der Waals surface area contributed by atoms with Gasteiger partial charge in [-0.1, -0.05) is 229 Å². The van der Waals surface area contributed by atoms with Crippen LogP contribution in [0.2, 0.25) is 2.82 Å². The van der Waals surface area contributed by atoms with Crippen LogP contribution < -0.4 is 22.1 Å². The molecular weight excluding hydrogens is 693 g/mol. The van der Waals surface area contributed by atoms with Crippen molar-refractivity contribution in [2.45, 2.75) is 219 Å². The molecular formula is C49H124N4O3. The predicted molar refractivity (Wildman–Crippen MR) is 281 cm³/mol. The van der Waals surface area contributed by atoms with Crippen molar-refractivity contribution < 1.29 is 18.6 Å². The Morgan fingerprint density at radius 1 is 0.625 bits per heavy atom. The fraction of sp³-hybridized carbons (Fsp3) is 0.694. The number of hydrogen-bond acceptors (Lipinski definition) is 6. The van der Waals surface area contributed by atoms with Crippen LogP contribution in [0.1, 0.15) is 201 Å². The van der Waals surface area contributed by atoms with E-state index >= 15 is 0 Å². The Labute approximate surface area is 368 Å². The molecule has 358 valence electrons. The molecule has 0 radical (unpaired) electrons. The van der Waals surface area contributed by atoms with Gasteiger partial charge in [-0.25, -0.2) is 0 Å². The highest BCUT2D eigenvalue weighted by atomic mass is 16.2. The van der Waals surface area contributed by atoms with Crippen molar-refractivity contribution in [2.75, 3.05) is 13.1 Å². The van der Waals surface area contributed by atoms with Crippen molar-refractivity contribution in [1.29, 1.82) is 0 Å². The maximum Gasteiger partial charge on any atom is 0.237 e. The first-order chi connectivity index (χ1) is 19.2. The fourth-order valence-electron chi connectivity index (χ4n) is 3.25. The quantitative estimate of drug-likeness (QED) is 0.0986. The van der Waals surface area contributed by atoms with Gasteiger partial charge in [-0.05, 0) is 62.2 Å². The lowest BCUT2D eigenvalue weighted by Crippen LogP contribution is -2.47. The number of carbonyl (C=O) groups is 3. The number of carbonyl (C=O) groups excluding carboxylic acids is 3. The highest BCUT2D eigenvalue weighted by Gasteiger charge is 2.18. The van der Waals surface area contributed by atoms with E-state index in [4.69, 9.17) is 4.19 Å². The predicted octanol–water partition coefficient (Wildman–Crippen LogP) is 15.5. The van der Waals surface area contributed by atoms with Crippen LogP contribution in [-0.2, 0) is 27.2 Å². The number of aldehydes is 2. The van der Waals surface area contributed by atoms with E-state index < -0.39 is 24.4 Å². The van der Waals surface area contributed by atoms with E-state index in [-0.39, 0.29) is 147 Å². The molecule has 0 fully saturated rings. The molecule has 6 N–H and O–H groups in total. The zero-order valence-electron chi connectivity index (χ0n) is 25.8. The van der Waals surface area contributed by atoms with Gasteiger partial charge in [0.15, 0.2) is 0 Å². The molecule has 7 heteroatoms. The third-order valence-corrected chi connectivity index (χ3v) is 5.09. The van der Waals surface area contributed by atoms with E-state index in [0.717, 1.165) is 17.4 Å². The zero-order chi connectivity index (χ0) is 30.2. The Kier molecular flexibility index (Phi) is 176.